The lowest BCUT2D eigenvalue weighted by Crippen LogP contribution is -2.42. The maximum Gasteiger partial charge on any atom is 0.175 e. The molecule has 1 atom stereocenters. The zero-order valence-corrected chi connectivity index (χ0v) is 10.9. The van der Waals surface area contributed by atoms with E-state index in [2.05, 4.69) is 12.1 Å². The van der Waals surface area contributed by atoms with E-state index in [1.54, 1.807) is 0 Å². The summed E-state index contributed by atoms with van der Waals surface area (Å²) in [4.78, 5) is 1.27. The Bertz CT molecular complexity index is 432. The van der Waals surface area contributed by atoms with E-state index in [0.29, 0.717) is 12.8 Å². The van der Waals surface area contributed by atoms with Crippen LogP contribution in [0.2, 0.25) is 0 Å². The standard InChI is InChI=1S/C13H15N3S/c1-16(12-7-4-3-5-8-12)13(11-15,17-2)9-6-10-14/h3-5,7-8H,6,9H2,1-2H3. The van der Waals surface area contributed by atoms with Crippen LogP contribution in [-0.4, -0.2) is 18.2 Å². The smallest absolute Gasteiger partial charge is 0.175 e. The van der Waals surface area contributed by atoms with Crippen LogP contribution in [0, 0.1) is 22.7 Å². The predicted octanol–water partition coefficient (Wildman–Crippen LogP) is 3.01. The van der Waals surface area contributed by atoms with Crippen molar-refractivity contribution in [3.63, 3.8) is 0 Å². The number of hydrogen-bond acceptors (Lipinski definition) is 4. The number of benzene rings is 1. The molecular formula is C13H15N3S. The van der Waals surface area contributed by atoms with Gasteiger partial charge in [0, 0.05) is 25.6 Å². The first kappa shape index (κ1) is 13.4. The van der Waals surface area contributed by atoms with Crippen molar-refractivity contribution >= 4 is 17.4 Å². The van der Waals surface area contributed by atoms with Gasteiger partial charge in [-0.3, -0.25) is 0 Å². The number of anilines is 1. The molecule has 0 aromatic heterocycles. The average Bonchev–Trinajstić information content (AvgIpc) is 2.41. The molecular weight excluding hydrogens is 230 g/mol. The van der Waals surface area contributed by atoms with Gasteiger partial charge >= 0.3 is 0 Å². The summed E-state index contributed by atoms with van der Waals surface area (Å²) in [7, 11) is 1.90. The minimum atomic E-state index is -0.670. The number of hydrogen-bond donors (Lipinski definition) is 0. The van der Waals surface area contributed by atoms with Crippen molar-refractivity contribution in [3.05, 3.63) is 30.3 Å². The molecule has 0 N–H and O–H groups in total. The van der Waals surface area contributed by atoms with Crippen LogP contribution in [0.5, 0.6) is 0 Å². The van der Waals surface area contributed by atoms with Gasteiger partial charge < -0.3 is 4.90 Å². The molecule has 0 bridgehead atoms. The Morgan fingerprint density at radius 2 is 1.94 bits per heavy atom. The average molecular weight is 245 g/mol. The lowest BCUT2D eigenvalue weighted by molar-refractivity contribution is 0.652. The molecule has 1 aromatic rings. The second kappa shape index (κ2) is 6.18. The van der Waals surface area contributed by atoms with Gasteiger partial charge in [0.25, 0.3) is 0 Å². The third-order valence-corrected chi connectivity index (χ3v) is 4.02. The highest BCUT2D eigenvalue weighted by Gasteiger charge is 2.33. The Hall–Kier alpha value is -1.65. The van der Waals surface area contributed by atoms with Crippen LogP contribution in [0.15, 0.2) is 30.3 Å². The molecule has 0 fully saturated rings. The number of nitriles is 2. The summed E-state index contributed by atoms with van der Waals surface area (Å²) < 4.78 is 0. The van der Waals surface area contributed by atoms with Crippen LogP contribution in [0.25, 0.3) is 0 Å². The molecule has 0 amide bonds. The molecule has 0 saturated carbocycles. The molecule has 0 aliphatic carbocycles. The fourth-order valence-electron chi connectivity index (χ4n) is 1.67. The third-order valence-electron chi connectivity index (χ3n) is 2.77. The predicted molar refractivity (Wildman–Crippen MR) is 71.6 cm³/mol. The normalized spacial score (nSPS) is 13.2. The molecule has 0 spiro atoms. The molecule has 17 heavy (non-hydrogen) atoms. The van der Waals surface area contributed by atoms with E-state index >= 15 is 0 Å². The second-order valence-corrected chi connectivity index (χ2v) is 4.74. The summed E-state index contributed by atoms with van der Waals surface area (Å²) in [5.41, 5.74) is 0.987. The zero-order chi connectivity index (χ0) is 12.7. The van der Waals surface area contributed by atoms with Gasteiger partial charge in [0.05, 0.1) is 6.07 Å². The lowest BCUT2D eigenvalue weighted by Gasteiger charge is -2.35. The summed E-state index contributed by atoms with van der Waals surface area (Å²) in [6.07, 6.45) is 2.82. The molecule has 1 aromatic carbocycles. The number of thioether (sulfide) groups is 1. The van der Waals surface area contributed by atoms with Crippen LogP contribution in [-0.2, 0) is 0 Å². The molecule has 0 saturated heterocycles. The number of rotatable bonds is 5. The largest absolute Gasteiger partial charge is 0.348 e. The van der Waals surface area contributed by atoms with Gasteiger partial charge in [-0.05, 0) is 18.4 Å². The van der Waals surface area contributed by atoms with Crippen molar-refractivity contribution in [2.24, 2.45) is 0 Å². The van der Waals surface area contributed by atoms with E-state index in [-0.39, 0.29) is 0 Å². The Morgan fingerprint density at radius 3 is 2.41 bits per heavy atom. The molecule has 88 valence electrons. The Morgan fingerprint density at radius 1 is 1.29 bits per heavy atom. The van der Waals surface area contributed by atoms with Gasteiger partial charge in [-0.15, -0.1) is 11.8 Å². The van der Waals surface area contributed by atoms with Crippen LogP contribution in [0.3, 0.4) is 0 Å². The summed E-state index contributed by atoms with van der Waals surface area (Å²) in [5.74, 6) is 0. The van der Waals surface area contributed by atoms with Gasteiger partial charge in [0.15, 0.2) is 4.87 Å². The first-order valence-electron chi connectivity index (χ1n) is 5.32. The van der Waals surface area contributed by atoms with Crippen LogP contribution in [0.1, 0.15) is 12.8 Å². The Labute approximate surface area is 107 Å². The first-order valence-corrected chi connectivity index (χ1v) is 6.55. The highest BCUT2D eigenvalue weighted by molar-refractivity contribution is 8.00. The highest BCUT2D eigenvalue weighted by Crippen LogP contribution is 2.34. The maximum atomic E-state index is 9.41. The van der Waals surface area contributed by atoms with Crippen molar-refractivity contribution in [1.82, 2.24) is 0 Å². The third kappa shape index (κ3) is 2.93. The Balaban J connectivity index is 3.00. The van der Waals surface area contributed by atoms with Crippen molar-refractivity contribution in [2.45, 2.75) is 17.7 Å². The summed E-state index contributed by atoms with van der Waals surface area (Å²) in [6.45, 7) is 0. The van der Waals surface area contributed by atoms with Crippen LogP contribution in [0.4, 0.5) is 5.69 Å². The minimum absolute atomic E-state index is 0.381. The monoisotopic (exact) mass is 245 g/mol. The van der Waals surface area contributed by atoms with E-state index in [0.717, 1.165) is 5.69 Å². The SMILES string of the molecule is CSC(C#N)(CCC#N)N(C)c1ccccc1. The summed E-state index contributed by atoms with van der Waals surface area (Å²) in [5, 5.41) is 18.1. The van der Waals surface area contributed by atoms with Crippen molar-refractivity contribution in [3.8, 4) is 12.1 Å². The molecule has 4 heteroatoms. The fourth-order valence-corrected chi connectivity index (χ4v) is 2.45. The first-order chi connectivity index (χ1) is 8.20. The molecule has 0 radical (unpaired) electrons. The molecule has 3 nitrogen and oxygen atoms in total. The fraction of sp³-hybridized carbons (Fsp3) is 0.385. The van der Waals surface area contributed by atoms with Crippen LogP contribution >= 0.6 is 11.8 Å². The maximum absolute atomic E-state index is 9.41. The van der Waals surface area contributed by atoms with E-state index in [4.69, 9.17) is 5.26 Å². The zero-order valence-electron chi connectivity index (χ0n) is 10.1. The quantitative estimate of drug-likeness (QED) is 0.748. The highest BCUT2D eigenvalue weighted by atomic mass is 32.2. The molecule has 1 unspecified atom stereocenters. The minimum Gasteiger partial charge on any atom is -0.348 e. The molecule has 0 aliphatic rings. The summed E-state index contributed by atoms with van der Waals surface area (Å²) in [6, 6.07) is 14.2. The molecule has 1 rings (SSSR count). The molecule has 0 heterocycles. The van der Waals surface area contributed by atoms with Gasteiger partial charge in [-0.1, -0.05) is 18.2 Å². The van der Waals surface area contributed by atoms with E-state index in [9.17, 15) is 5.26 Å². The second-order valence-electron chi connectivity index (χ2n) is 3.65. The van der Waals surface area contributed by atoms with Gasteiger partial charge in [0.1, 0.15) is 6.07 Å². The van der Waals surface area contributed by atoms with Crippen molar-refractivity contribution in [2.75, 3.05) is 18.2 Å². The van der Waals surface area contributed by atoms with Gasteiger partial charge in [-0.25, -0.2) is 0 Å². The van der Waals surface area contributed by atoms with Crippen molar-refractivity contribution in [1.29, 1.82) is 10.5 Å². The van der Waals surface area contributed by atoms with Gasteiger partial charge in [0.2, 0.25) is 0 Å². The van der Waals surface area contributed by atoms with E-state index in [1.807, 2.05) is 48.5 Å². The van der Waals surface area contributed by atoms with E-state index in [1.165, 1.54) is 11.8 Å². The number of nitrogens with zero attached hydrogens (tertiary/aromatic N) is 3. The Kier molecular flexibility index (Phi) is 4.87. The van der Waals surface area contributed by atoms with Crippen molar-refractivity contribution < 1.29 is 0 Å². The number of para-hydroxylation sites is 1. The summed E-state index contributed by atoms with van der Waals surface area (Å²) >= 11 is 1.47. The molecule has 0 aliphatic heterocycles. The lowest BCUT2D eigenvalue weighted by atomic mass is 10.1. The van der Waals surface area contributed by atoms with Crippen LogP contribution < -0.4 is 4.90 Å². The van der Waals surface area contributed by atoms with E-state index < -0.39 is 4.87 Å². The topological polar surface area (TPSA) is 50.8 Å². The van der Waals surface area contributed by atoms with Gasteiger partial charge in [-0.2, -0.15) is 10.5 Å².